The van der Waals surface area contributed by atoms with Crippen molar-refractivity contribution in [2.75, 3.05) is 18.1 Å². The number of benzene rings is 1. The van der Waals surface area contributed by atoms with Gasteiger partial charge in [0.05, 0.1) is 16.2 Å². The van der Waals surface area contributed by atoms with Crippen LogP contribution in [0.5, 0.6) is 0 Å². The Kier molecular flexibility index (Phi) is 4.41. The zero-order chi connectivity index (χ0) is 14.2. The summed E-state index contributed by atoms with van der Waals surface area (Å²) in [6.07, 6.45) is 2.17. The molecule has 2 aliphatic heterocycles. The van der Waals surface area contributed by atoms with E-state index in [9.17, 15) is 9.50 Å². The van der Waals surface area contributed by atoms with Gasteiger partial charge in [0, 0.05) is 12.4 Å². The van der Waals surface area contributed by atoms with E-state index >= 15 is 0 Å². The van der Waals surface area contributed by atoms with Crippen LogP contribution in [-0.2, 0) is 4.74 Å². The predicted molar refractivity (Wildman–Crippen MR) is 82.4 cm³/mol. The number of hydrogen-bond acceptors (Lipinski definition) is 3. The maximum atomic E-state index is 13.6. The summed E-state index contributed by atoms with van der Waals surface area (Å²) in [5, 5.41) is 10.6. The van der Waals surface area contributed by atoms with E-state index in [2.05, 4.69) is 15.9 Å². The quantitative estimate of drug-likeness (QED) is 0.866. The van der Waals surface area contributed by atoms with E-state index in [4.69, 9.17) is 4.74 Å². The van der Waals surface area contributed by atoms with Gasteiger partial charge in [-0.05, 0) is 64.6 Å². The van der Waals surface area contributed by atoms with Crippen molar-refractivity contribution >= 4 is 27.7 Å². The molecule has 0 aliphatic carbocycles. The van der Waals surface area contributed by atoms with E-state index in [0.29, 0.717) is 16.6 Å². The minimum atomic E-state index is -0.607. The van der Waals surface area contributed by atoms with Crippen LogP contribution < -0.4 is 0 Å². The average Bonchev–Trinajstić information content (AvgIpc) is 2.89. The monoisotopic (exact) mass is 360 g/mol. The van der Waals surface area contributed by atoms with Gasteiger partial charge in [0.2, 0.25) is 0 Å². The summed E-state index contributed by atoms with van der Waals surface area (Å²) in [7, 11) is 0. The first-order valence-corrected chi connectivity index (χ1v) is 8.89. The number of aliphatic hydroxyl groups excluding tert-OH is 1. The van der Waals surface area contributed by atoms with E-state index in [-0.39, 0.29) is 17.3 Å². The summed E-state index contributed by atoms with van der Waals surface area (Å²) < 4.78 is 20.0. The van der Waals surface area contributed by atoms with Crippen LogP contribution in [0.1, 0.15) is 30.9 Å². The average molecular weight is 361 g/mol. The molecule has 2 fully saturated rings. The number of aliphatic hydroxyl groups is 1. The lowest BCUT2D eigenvalue weighted by Gasteiger charge is -2.39. The largest absolute Gasteiger partial charge is 0.388 e. The van der Waals surface area contributed by atoms with Gasteiger partial charge in [0.15, 0.2) is 0 Å². The molecule has 0 amide bonds. The summed E-state index contributed by atoms with van der Waals surface area (Å²) >= 11 is 5.06. The summed E-state index contributed by atoms with van der Waals surface area (Å²) in [4.78, 5) is 0. The van der Waals surface area contributed by atoms with E-state index in [0.717, 1.165) is 30.8 Å². The van der Waals surface area contributed by atoms with Gasteiger partial charge < -0.3 is 9.84 Å². The van der Waals surface area contributed by atoms with Crippen molar-refractivity contribution in [2.24, 2.45) is 5.92 Å². The van der Waals surface area contributed by atoms with E-state index in [1.54, 1.807) is 12.1 Å². The minimum absolute atomic E-state index is 0.0531. The van der Waals surface area contributed by atoms with Crippen molar-refractivity contribution < 1.29 is 14.2 Å². The maximum Gasteiger partial charge on any atom is 0.137 e. The van der Waals surface area contributed by atoms with Crippen LogP contribution in [-0.4, -0.2) is 28.8 Å². The lowest BCUT2D eigenvalue weighted by molar-refractivity contribution is -0.102. The first-order chi connectivity index (χ1) is 9.60. The Morgan fingerprint density at radius 3 is 3.05 bits per heavy atom. The molecule has 2 aliphatic rings. The first-order valence-electron chi connectivity index (χ1n) is 6.94. The Morgan fingerprint density at radius 1 is 1.50 bits per heavy atom. The summed E-state index contributed by atoms with van der Waals surface area (Å²) in [6.45, 7) is 0.696. The van der Waals surface area contributed by atoms with Gasteiger partial charge in [-0.25, -0.2) is 4.39 Å². The highest BCUT2D eigenvalue weighted by atomic mass is 79.9. The standard InChI is InChI=1S/C15H18BrFO2S/c16-12-2-1-10(7-13(12)17)14(18)11-3-5-19-15(8-11)4-6-20-9-15/h1-2,7,11,14,18H,3-6,8-9H2. The van der Waals surface area contributed by atoms with Crippen LogP contribution in [0.3, 0.4) is 0 Å². The normalized spacial score (nSPS) is 31.6. The molecule has 2 heterocycles. The first kappa shape index (κ1) is 14.8. The third-order valence-electron chi connectivity index (χ3n) is 4.33. The molecule has 1 N–H and O–H groups in total. The van der Waals surface area contributed by atoms with Crippen molar-refractivity contribution in [3.05, 3.63) is 34.1 Å². The SMILES string of the molecule is OC(c1ccc(Br)c(F)c1)C1CCOC2(CCSC2)C1. The summed E-state index contributed by atoms with van der Waals surface area (Å²) in [5.74, 6) is 1.99. The van der Waals surface area contributed by atoms with Crippen LogP contribution in [0.25, 0.3) is 0 Å². The Morgan fingerprint density at radius 2 is 2.35 bits per heavy atom. The fourth-order valence-electron chi connectivity index (χ4n) is 3.17. The molecule has 1 aromatic carbocycles. The van der Waals surface area contributed by atoms with E-state index in [1.165, 1.54) is 6.07 Å². The molecule has 5 heteroatoms. The summed E-state index contributed by atoms with van der Waals surface area (Å²) in [6, 6.07) is 4.89. The van der Waals surface area contributed by atoms with Crippen LogP contribution in [0, 0.1) is 11.7 Å². The smallest absolute Gasteiger partial charge is 0.137 e. The Labute approximate surface area is 131 Å². The molecule has 110 valence electrons. The number of thioether (sulfide) groups is 1. The maximum absolute atomic E-state index is 13.6. The van der Waals surface area contributed by atoms with Gasteiger partial charge in [-0.15, -0.1) is 0 Å². The fraction of sp³-hybridized carbons (Fsp3) is 0.600. The van der Waals surface area contributed by atoms with Gasteiger partial charge in [-0.2, -0.15) is 11.8 Å². The van der Waals surface area contributed by atoms with Crippen LogP contribution >= 0.6 is 27.7 Å². The van der Waals surface area contributed by atoms with Crippen molar-refractivity contribution in [3.63, 3.8) is 0 Å². The topological polar surface area (TPSA) is 29.5 Å². The van der Waals surface area contributed by atoms with Gasteiger partial charge in [0.25, 0.3) is 0 Å². The second-order valence-electron chi connectivity index (χ2n) is 5.71. The minimum Gasteiger partial charge on any atom is -0.388 e. The fourth-order valence-corrected chi connectivity index (χ4v) is 4.79. The van der Waals surface area contributed by atoms with Crippen molar-refractivity contribution in [2.45, 2.75) is 31.0 Å². The van der Waals surface area contributed by atoms with E-state index in [1.807, 2.05) is 11.8 Å². The van der Waals surface area contributed by atoms with Crippen LogP contribution in [0.15, 0.2) is 22.7 Å². The van der Waals surface area contributed by atoms with Crippen LogP contribution in [0.4, 0.5) is 4.39 Å². The molecule has 0 saturated carbocycles. The number of ether oxygens (including phenoxy) is 1. The molecule has 2 saturated heterocycles. The molecule has 0 radical (unpaired) electrons. The molecule has 1 aromatic rings. The van der Waals surface area contributed by atoms with Gasteiger partial charge in [-0.3, -0.25) is 0 Å². The molecule has 0 aromatic heterocycles. The Balaban J connectivity index is 1.75. The molecule has 3 rings (SSSR count). The molecule has 1 spiro atoms. The van der Waals surface area contributed by atoms with Crippen LogP contribution in [0.2, 0.25) is 0 Å². The zero-order valence-corrected chi connectivity index (χ0v) is 13.6. The molecular formula is C15H18BrFO2S. The molecule has 20 heavy (non-hydrogen) atoms. The predicted octanol–water partition coefficient (Wildman–Crippen LogP) is 3.92. The van der Waals surface area contributed by atoms with Crippen molar-refractivity contribution in [3.8, 4) is 0 Å². The molecule has 3 atom stereocenters. The molecular weight excluding hydrogens is 343 g/mol. The van der Waals surface area contributed by atoms with Gasteiger partial charge >= 0.3 is 0 Å². The molecule has 2 nitrogen and oxygen atoms in total. The third-order valence-corrected chi connectivity index (χ3v) is 6.20. The van der Waals surface area contributed by atoms with E-state index < -0.39 is 6.10 Å². The van der Waals surface area contributed by atoms with Crippen molar-refractivity contribution in [1.29, 1.82) is 0 Å². The Bertz CT molecular complexity index is 491. The summed E-state index contributed by atoms with van der Waals surface area (Å²) in [5.41, 5.74) is 0.612. The Hall–Kier alpha value is -0.100. The number of rotatable bonds is 2. The second-order valence-corrected chi connectivity index (χ2v) is 7.66. The van der Waals surface area contributed by atoms with Gasteiger partial charge in [0.1, 0.15) is 5.82 Å². The highest BCUT2D eigenvalue weighted by Crippen LogP contribution is 2.44. The third kappa shape index (κ3) is 2.91. The number of hydrogen-bond donors (Lipinski definition) is 1. The second kappa shape index (κ2) is 5.95. The highest BCUT2D eigenvalue weighted by molar-refractivity contribution is 9.10. The highest BCUT2D eigenvalue weighted by Gasteiger charge is 2.42. The van der Waals surface area contributed by atoms with Gasteiger partial charge in [-0.1, -0.05) is 6.07 Å². The molecule has 0 bridgehead atoms. The zero-order valence-electron chi connectivity index (χ0n) is 11.1. The number of halogens is 2. The molecule has 3 unspecified atom stereocenters. The lowest BCUT2D eigenvalue weighted by Crippen LogP contribution is -2.41. The lowest BCUT2D eigenvalue weighted by atomic mass is 9.80. The van der Waals surface area contributed by atoms with Crippen molar-refractivity contribution in [1.82, 2.24) is 0 Å².